The van der Waals surface area contributed by atoms with Gasteiger partial charge in [-0.3, -0.25) is 4.79 Å². The molecule has 0 aromatic heterocycles. The molecule has 0 saturated heterocycles. The fourth-order valence-corrected chi connectivity index (χ4v) is 1.61. The summed E-state index contributed by atoms with van der Waals surface area (Å²) in [6.07, 6.45) is 5.05. The van der Waals surface area contributed by atoms with Crippen molar-refractivity contribution in [3.8, 4) is 0 Å². The van der Waals surface area contributed by atoms with Crippen molar-refractivity contribution >= 4 is 5.78 Å². The molecule has 0 atom stereocenters. The molecule has 1 aromatic carbocycles. The van der Waals surface area contributed by atoms with Gasteiger partial charge in [0.1, 0.15) is 0 Å². The molecule has 0 aliphatic rings. The summed E-state index contributed by atoms with van der Waals surface area (Å²) in [5.41, 5.74) is 2.68. The zero-order chi connectivity index (χ0) is 12.0. The third kappa shape index (κ3) is 3.50. The Bertz CT molecular complexity index is 410. The van der Waals surface area contributed by atoms with Crippen molar-refractivity contribution in [2.45, 2.75) is 27.2 Å². The number of benzene rings is 1. The van der Waals surface area contributed by atoms with E-state index in [-0.39, 0.29) is 5.78 Å². The van der Waals surface area contributed by atoms with Crippen molar-refractivity contribution in [3.05, 3.63) is 59.2 Å². The van der Waals surface area contributed by atoms with Crippen LogP contribution in [-0.4, -0.2) is 5.78 Å². The van der Waals surface area contributed by atoms with Crippen LogP contribution in [0.2, 0.25) is 0 Å². The average Bonchev–Trinajstić information content (AvgIpc) is 2.29. The molecule has 0 heterocycles. The van der Waals surface area contributed by atoms with Crippen LogP contribution in [0.15, 0.2) is 53.6 Å². The molecule has 16 heavy (non-hydrogen) atoms. The van der Waals surface area contributed by atoms with Crippen LogP contribution in [0, 0.1) is 0 Å². The van der Waals surface area contributed by atoms with Gasteiger partial charge < -0.3 is 0 Å². The minimum atomic E-state index is 0.101. The Morgan fingerprint density at radius 3 is 2.38 bits per heavy atom. The Kier molecular flexibility index (Phi) is 4.71. The molecule has 1 aromatic rings. The normalized spacial score (nSPS) is 12.7. The van der Waals surface area contributed by atoms with Crippen LogP contribution in [0.3, 0.4) is 0 Å². The summed E-state index contributed by atoms with van der Waals surface area (Å²) in [6.45, 7) is 5.97. The highest BCUT2D eigenvalue weighted by Gasteiger charge is 2.06. The Morgan fingerprint density at radius 1 is 1.19 bits per heavy atom. The molecule has 0 aliphatic heterocycles. The lowest BCUT2D eigenvalue weighted by atomic mass is 10.0. The van der Waals surface area contributed by atoms with E-state index in [0.717, 1.165) is 23.1 Å². The Balaban J connectivity index is 2.87. The molecule has 84 valence electrons. The second kappa shape index (κ2) is 6.06. The number of rotatable bonds is 4. The van der Waals surface area contributed by atoms with Crippen LogP contribution >= 0.6 is 0 Å². The topological polar surface area (TPSA) is 17.1 Å². The van der Waals surface area contributed by atoms with Crippen molar-refractivity contribution < 1.29 is 4.79 Å². The fraction of sp³-hybridized carbons (Fsp3) is 0.267. The zero-order valence-electron chi connectivity index (χ0n) is 10.2. The first-order valence-corrected chi connectivity index (χ1v) is 5.60. The Labute approximate surface area is 97.5 Å². The zero-order valence-corrected chi connectivity index (χ0v) is 10.2. The van der Waals surface area contributed by atoms with Gasteiger partial charge in [-0.15, -0.1) is 0 Å². The number of Topliss-reactive ketones (excluding diaryl/α,β-unsaturated/α-hetero) is 1. The third-order valence-corrected chi connectivity index (χ3v) is 2.36. The average molecular weight is 214 g/mol. The van der Waals surface area contributed by atoms with Gasteiger partial charge in [-0.2, -0.15) is 0 Å². The van der Waals surface area contributed by atoms with E-state index in [1.165, 1.54) is 0 Å². The summed E-state index contributed by atoms with van der Waals surface area (Å²) in [7, 11) is 0. The highest BCUT2D eigenvalue weighted by atomic mass is 16.1. The largest absolute Gasteiger partial charge is 0.289 e. The number of ketones is 1. The van der Waals surface area contributed by atoms with Gasteiger partial charge in [0.05, 0.1) is 0 Å². The SMILES string of the molecule is CC/C=C(C)\C=C(/C)C(=O)c1ccccc1. The number of carbonyl (C=O) groups is 1. The van der Waals surface area contributed by atoms with Crippen LogP contribution < -0.4 is 0 Å². The Hall–Kier alpha value is -1.63. The molecular weight excluding hydrogens is 196 g/mol. The molecule has 0 amide bonds. The van der Waals surface area contributed by atoms with E-state index in [9.17, 15) is 4.79 Å². The van der Waals surface area contributed by atoms with Crippen LogP contribution in [0.1, 0.15) is 37.6 Å². The summed E-state index contributed by atoms with van der Waals surface area (Å²) in [4.78, 5) is 12.0. The molecular formula is C15H18O. The van der Waals surface area contributed by atoms with E-state index in [0.29, 0.717) is 0 Å². The second-order valence-electron chi connectivity index (χ2n) is 3.88. The Morgan fingerprint density at radius 2 is 1.81 bits per heavy atom. The maximum atomic E-state index is 12.0. The molecule has 0 saturated carbocycles. The second-order valence-corrected chi connectivity index (χ2v) is 3.88. The molecule has 1 heteroatoms. The summed E-state index contributed by atoms with van der Waals surface area (Å²) in [5.74, 6) is 0.101. The van der Waals surface area contributed by atoms with E-state index in [4.69, 9.17) is 0 Å². The van der Waals surface area contributed by atoms with Crippen molar-refractivity contribution in [3.63, 3.8) is 0 Å². The highest BCUT2D eigenvalue weighted by Crippen LogP contribution is 2.10. The first kappa shape index (κ1) is 12.4. The summed E-state index contributed by atoms with van der Waals surface area (Å²) in [5, 5.41) is 0. The molecule has 0 unspecified atom stereocenters. The smallest absolute Gasteiger partial charge is 0.188 e. The summed E-state index contributed by atoms with van der Waals surface area (Å²) >= 11 is 0. The molecule has 0 N–H and O–H groups in total. The third-order valence-electron chi connectivity index (χ3n) is 2.36. The lowest BCUT2D eigenvalue weighted by Crippen LogP contribution is -2.00. The quantitative estimate of drug-likeness (QED) is 0.417. The van der Waals surface area contributed by atoms with Gasteiger partial charge in [-0.25, -0.2) is 0 Å². The monoisotopic (exact) mass is 214 g/mol. The first-order chi connectivity index (χ1) is 7.65. The number of carbonyl (C=O) groups excluding carboxylic acids is 1. The van der Waals surface area contributed by atoms with Gasteiger partial charge in [-0.1, -0.05) is 55.0 Å². The van der Waals surface area contributed by atoms with Crippen LogP contribution in [0.25, 0.3) is 0 Å². The van der Waals surface area contributed by atoms with Gasteiger partial charge in [0.25, 0.3) is 0 Å². The number of hydrogen-bond donors (Lipinski definition) is 0. The van der Waals surface area contributed by atoms with E-state index in [2.05, 4.69) is 13.0 Å². The molecule has 0 radical (unpaired) electrons. The van der Waals surface area contributed by atoms with Crippen molar-refractivity contribution in [1.29, 1.82) is 0 Å². The predicted octanol–water partition coefficient (Wildman–Crippen LogP) is 4.17. The van der Waals surface area contributed by atoms with Crippen LogP contribution in [0.4, 0.5) is 0 Å². The number of hydrogen-bond acceptors (Lipinski definition) is 1. The van der Waals surface area contributed by atoms with E-state index < -0.39 is 0 Å². The standard InChI is InChI=1S/C15H18O/c1-4-8-12(2)11-13(3)15(16)14-9-6-5-7-10-14/h5-11H,4H2,1-3H3/b12-8-,13-11+. The predicted molar refractivity (Wildman–Crippen MR) is 68.6 cm³/mol. The summed E-state index contributed by atoms with van der Waals surface area (Å²) < 4.78 is 0. The van der Waals surface area contributed by atoms with Gasteiger partial charge in [-0.05, 0) is 25.8 Å². The lowest BCUT2D eigenvalue weighted by Gasteiger charge is -2.01. The minimum Gasteiger partial charge on any atom is -0.289 e. The van der Waals surface area contributed by atoms with Crippen molar-refractivity contribution in [2.75, 3.05) is 0 Å². The molecule has 0 bridgehead atoms. The highest BCUT2D eigenvalue weighted by molar-refractivity contribution is 6.08. The molecule has 0 fully saturated rings. The molecule has 1 nitrogen and oxygen atoms in total. The van der Waals surface area contributed by atoms with Crippen molar-refractivity contribution in [2.24, 2.45) is 0 Å². The lowest BCUT2D eigenvalue weighted by molar-refractivity contribution is 0.103. The maximum Gasteiger partial charge on any atom is 0.188 e. The van der Waals surface area contributed by atoms with Crippen LogP contribution in [0.5, 0.6) is 0 Å². The first-order valence-electron chi connectivity index (χ1n) is 5.60. The minimum absolute atomic E-state index is 0.101. The fourth-order valence-electron chi connectivity index (χ4n) is 1.61. The van der Waals surface area contributed by atoms with E-state index in [1.807, 2.05) is 50.3 Å². The maximum absolute atomic E-state index is 12.0. The van der Waals surface area contributed by atoms with E-state index in [1.54, 1.807) is 0 Å². The van der Waals surface area contributed by atoms with Crippen LogP contribution in [-0.2, 0) is 0 Å². The molecule has 1 rings (SSSR count). The van der Waals surface area contributed by atoms with Gasteiger partial charge in [0.15, 0.2) is 5.78 Å². The van der Waals surface area contributed by atoms with E-state index >= 15 is 0 Å². The van der Waals surface area contributed by atoms with Gasteiger partial charge in [0, 0.05) is 5.56 Å². The van der Waals surface area contributed by atoms with Crippen molar-refractivity contribution in [1.82, 2.24) is 0 Å². The summed E-state index contributed by atoms with van der Waals surface area (Å²) in [6, 6.07) is 9.37. The van der Waals surface area contributed by atoms with Gasteiger partial charge >= 0.3 is 0 Å². The number of allylic oxidation sites excluding steroid dienone is 4. The molecule has 0 spiro atoms. The van der Waals surface area contributed by atoms with Gasteiger partial charge in [0.2, 0.25) is 0 Å². The molecule has 0 aliphatic carbocycles.